The minimum Gasteiger partial charge on any atom is -0.309 e. The van der Waals surface area contributed by atoms with Crippen molar-refractivity contribution < 1.29 is 0 Å². The van der Waals surface area contributed by atoms with Crippen LogP contribution >= 0.6 is 11.8 Å². The number of benzene rings is 1. The Labute approximate surface area is 116 Å². The molecular formula is C16H25NS. The molecule has 1 unspecified atom stereocenters. The number of thioether (sulfide) groups is 1. The summed E-state index contributed by atoms with van der Waals surface area (Å²) >= 11 is 2.02. The topological polar surface area (TPSA) is 12.0 Å². The van der Waals surface area contributed by atoms with Gasteiger partial charge >= 0.3 is 0 Å². The van der Waals surface area contributed by atoms with Crippen molar-refractivity contribution in [1.29, 1.82) is 0 Å². The first kappa shape index (κ1) is 14.0. The zero-order chi connectivity index (χ0) is 13.2. The van der Waals surface area contributed by atoms with E-state index in [1.165, 1.54) is 24.0 Å². The van der Waals surface area contributed by atoms with E-state index in [0.717, 1.165) is 6.54 Å². The maximum absolute atomic E-state index is 3.68. The van der Waals surface area contributed by atoms with Gasteiger partial charge in [0, 0.05) is 17.3 Å². The van der Waals surface area contributed by atoms with E-state index < -0.39 is 0 Å². The van der Waals surface area contributed by atoms with Gasteiger partial charge in [-0.2, -0.15) is 11.8 Å². The number of hydrogen-bond acceptors (Lipinski definition) is 2. The van der Waals surface area contributed by atoms with E-state index in [1.807, 2.05) is 11.8 Å². The number of nitrogens with one attached hydrogen (secondary N) is 1. The maximum Gasteiger partial charge on any atom is 0.0292 e. The highest BCUT2D eigenvalue weighted by Crippen LogP contribution is 2.46. The van der Waals surface area contributed by atoms with Crippen LogP contribution in [0.2, 0.25) is 0 Å². The Morgan fingerprint density at radius 1 is 1.11 bits per heavy atom. The highest BCUT2D eigenvalue weighted by molar-refractivity contribution is 8.00. The molecule has 2 heteroatoms. The van der Waals surface area contributed by atoms with Crippen LogP contribution in [-0.4, -0.2) is 17.5 Å². The molecule has 1 saturated carbocycles. The van der Waals surface area contributed by atoms with E-state index in [0.29, 0.717) is 16.7 Å². The minimum absolute atomic E-state index is 0.454. The monoisotopic (exact) mass is 263 g/mol. The van der Waals surface area contributed by atoms with Crippen LogP contribution in [0.25, 0.3) is 0 Å². The van der Waals surface area contributed by atoms with Crippen molar-refractivity contribution in [2.45, 2.75) is 50.3 Å². The summed E-state index contributed by atoms with van der Waals surface area (Å²) in [6.07, 6.45) is 4.98. The number of rotatable bonds is 6. The summed E-state index contributed by atoms with van der Waals surface area (Å²) in [5.41, 5.74) is 2.82. The van der Waals surface area contributed by atoms with Crippen LogP contribution in [0.5, 0.6) is 0 Å². The summed E-state index contributed by atoms with van der Waals surface area (Å²) < 4.78 is 0.548. The Balaban J connectivity index is 1.90. The molecule has 0 heterocycles. The average Bonchev–Trinajstić information content (AvgIpc) is 3.17. The normalized spacial score (nSPS) is 18.9. The molecule has 0 spiro atoms. The Hall–Kier alpha value is -0.470. The van der Waals surface area contributed by atoms with Gasteiger partial charge in [0.1, 0.15) is 0 Å². The van der Waals surface area contributed by atoms with Gasteiger partial charge in [-0.05, 0) is 43.1 Å². The van der Waals surface area contributed by atoms with Crippen LogP contribution in [0.15, 0.2) is 24.3 Å². The third kappa shape index (κ3) is 3.30. The second kappa shape index (κ2) is 5.66. The van der Waals surface area contributed by atoms with E-state index >= 15 is 0 Å². The first-order valence-corrected chi connectivity index (χ1v) is 8.17. The summed E-state index contributed by atoms with van der Waals surface area (Å²) in [5.74, 6) is 0.619. The summed E-state index contributed by atoms with van der Waals surface area (Å²) in [6, 6.07) is 9.52. The van der Waals surface area contributed by atoms with E-state index in [2.05, 4.69) is 56.6 Å². The van der Waals surface area contributed by atoms with Crippen LogP contribution in [0.3, 0.4) is 0 Å². The van der Waals surface area contributed by atoms with Crippen LogP contribution in [0.1, 0.15) is 56.7 Å². The van der Waals surface area contributed by atoms with E-state index in [-0.39, 0.29) is 0 Å². The summed E-state index contributed by atoms with van der Waals surface area (Å²) in [4.78, 5) is 0. The Bertz CT molecular complexity index is 379. The first-order chi connectivity index (χ1) is 8.56. The van der Waals surface area contributed by atoms with Crippen molar-refractivity contribution in [3.63, 3.8) is 0 Å². The van der Waals surface area contributed by atoms with E-state index in [4.69, 9.17) is 0 Å². The highest BCUT2D eigenvalue weighted by atomic mass is 32.2. The van der Waals surface area contributed by atoms with Crippen LogP contribution in [0, 0.1) is 0 Å². The zero-order valence-electron chi connectivity index (χ0n) is 12.0. The first-order valence-electron chi connectivity index (χ1n) is 6.95. The molecule has 0 amide bonds. The van der Waals surface area contributed by atoms with E-state index in [9.17, 15) is 0 Å². The summed E-state index contributed by atoms with van der Waals surface area (Å²) in [5, 5.41) is 3.68. The van der Waals surface area contributed by atoms with Crippen molar-refractivity contribution in [3.05, 3.63) is 35.4 Å². The van der Waals surface area contributed by atoms with Crippen molar-refractivity contribution in [3.8, 4) is 0 Å². The molecule has 1 atom stereocenters. The Morgan fingerprint density at radius 3 is 2.11 bits per heavy atom. The lowest BCUT2D eigenvalue weighted by Crippen LogP contribution is -2.28. The molecule has 0 saturated heterocycles. The smallest absolute Gasteiger partial charge is 0.0292 e. The van der Waals surface area contributed by atoms with Gasteiger partial charge < -0.3 is 5.32 Å². The number of hydrogen-bond donors (Lipinski definition) is 1. The molecule has 2 rings (SSSR count). The van der Waals surface area contributed by atoms with Gasteiger partial charge in [0.25, 0.3) is 0 Å². The van der Waals surface area contributed by atoms with E-state index in [1.54, 1.807) is 0 Å². The fourth-order valence-corrected chi connectivity index (χ4v) is 2.96. The molecule has 1 aromatic rings. The van der Waals surface area contributed by atoms with Gasteiger partial charge in [0.2, 0.25) is 0 Å². The molecule has 1 fully saturated rings. The predicted octanol–water partition coefficient (Wildman–Crippen LogP) is 4.36. The van der Waals surface area contributed by atoms with Crippen LogP contribution in [0.4, 0.5) is 0 Å². The highest BCUT2D eigenvalue weighted by Gasteiger charge is 2.41. The van der Waals surface area contributed by atoms with Crippen molar-refractivity contribution in [2.24, 2.45) is 0 Å². The molecule has 1 aromatic carbocycles. The quantitative estimate of drug-likeness (QED) is 0.818. The molecule has 1 N–H and O–H groups in total. The molecule has 0 radical (unpaired) electrons. The second-order valence-corrected chi connectivity index (χ2v) is 7.09. The van der Waals surface area contributed by atoms with Gasteiger partial charge in [-0.25, -0.2) is 0 Å². The Morgan fingerprint density at radius 2 is 1.67 bits per heavy atom. The fraction of sp³-hybridized carbons (Fsp3) is 0.625. The van der Waals surface area contributed by atoms with Gasteiger partial charge in [-0.1, -0.05) is 38.1 Å². The molecule has 1 aliphatic carbocycles. The van der Waals surface area contributed by atoms with Gasteiger partial charge in [-0.15, -0.1) is 0 Å². The molecule has 18 heavy (non-hydrogen) atoms. The lowest BCUT2D eigenvalue weighted by Gasteiger charge is -2.19. The van der Waals surface area contributed by atoms with Gasteiger partial charge in [-0.3, -0.25) is 0 Å². The third-order valence-corrected chi connectivity index (χ3v) is 5.49. The lowest BCUT2D eigenvalue weighted by molar-refractivity contribution is 0.563. The third-order valence-electron chi connectivity index (χ3n) is 4.07. The molecule has 0 aliphatic heterocycles. The van der Waals surface area contributed by atoms with Gasteiger partial charge in [0.05, 0.1) is 0 Å². The zero-order valence-corrected chi connectivity index (χ0v) is 12.8. The van der Waals surface area contributed by atoms with Crippen molar-refractivity contribution >= 4 is 11.8 Å². The molecule has 0 aromatic heterocycles. The molecule has 1 nitrogen and oxygen atoms in total. The Kier molecular flexibility index (Phi) is 4.39. The minimum atomic E-state index is 0.454. The summed E-state index contributed by atoms with van der Waals surface area (Å²) in [6.45, 7) is 7.89. The SMILES string of the molecule is CSC1(CNC(C)c2ccc(C(C)C)cc2)CC1. The molecular weight excluding hydrogens is 238 g/mol. The second-order valence-electron chi connectivity index (χ2n) is 5.81. The van der Waals surface area contributed by atoms with Crippen LogP contribution in [-0.2, 0) is 0 Å². The lowest BCUT2D eigenvalue weighted by atomic mass is 9.99. The van der Waals surface area contributed by atoms with Crippen molar-refractivity contribution in [2.75, 3.05) is 12.8 Å². The largest absolute Gasteiger partial charge is 0.309 e. The molecule has 100 valence electrons. The molecule has 0 bridgehead atoms. The predicted molar refractivity (Wildman–Crippen MR) is 82.4 cm³/mol. The van der Waals surface area contributed by atoms with Crippen molar-refractivity contribution in [1.82, 2.24) is 5.32 Å². The van der Waals surface area contributed by atoms with Gasteiger partial charge in [0.15, 0.2) is 0 Å². The van der Waals surface area contributed by atoms with Crippen LogP contribution < -0.4 is 5.32 Å². The average molecular weight is 263 g/mol. The molecule has 1 aliphatic rings. The standard InChI is InChI=1S/C16H25NS/c1-12(2)14-5-7-15(8-6-14)13(3)17-11-16(18-4)9-10-16/h5-8,12-13,17H,9-11H2,1-4H3. The fourth-order valence-electron chi connectivity index (χ4n) is 2.22. The summed E-state index contributed by atoms with van der Waals surface area (Å²) in [7, 11) is 0. The maximum atomic E-state index is 3.68.